The van der Waals surface area contributed by atoms with Crippen LogP contribution in [0.4, 0.5) is 0 Å². The summed E-state index contributed by atoms with van der Waals surface area (Å²) in [7, 11) is 1.27. The van der Waals surface area contributed by atoms with Crippen LogP contribution in [0, 0.1) is 0 Å². The van der Waals surface area contributed by atoms with Crippen molar-refractivity contribution in [1.29, 1.82) is 0 Å². The second-order valence-corrected chi connectivity index (χ2v) is 22.4. The molecule has 0 spiro atoms. The number of nitrogens with zero attached hydrogens (tertiary/aromatic N) is 1. The molecule has 0 radical (unpaired) electrons. The molecular weight excluding hydrogens is 840 g/mol. The van der Waals surface area contributed by atoms with Crippen LogP contribution in [-0.2, 0) is 18.4 Å². The van der Waals surface area contributed by atoms with E-state index in [0.29, 0.717) is 17.4 Å². The summed E-state index contributed by atoms with van der Waals surface area (Å²) in [5, 5.41) is 13.9. The van der Waals surface area contributed by atoms with Gasteiger partial charge in [0.05, 0.1) is 39.9 Å². The number of aliphatic hydroxyl groups is 1. The number of carbonyl (C=O) groups is 1. The highest BCUT2D eigenvalue weighted by molar-refractivity contribution is 7.45. The van der Waals surface area contributed by atoms with Crippen molar-refractivity contribution in [3.63, 3.8) is 0 Å². The Bertz CT molecular complexity index is 1130. The van der Waals surface area contributed by atoms with E-state index in [2.05, 4.69) is 31.3 Å². The first-order valence-corrected chi connectivity index (χ1v) is 30.2. The molecule has 1 amide bonds. The Balaban J connectivity index is 4.18. The van der Waals surface area contributed by atoms with Crippen molar-refractivity contribution in [2.24, 2.45) is 0 Å². The smallest absolute Gasteiger partial charge is 0.268 e. The summed E-state index contributed by atoms with van der Waals surface area (Å²) < 4.78 is 23.4. The van der Waals surface area contributed by atoms with E-state index in [1.54, 1.807) is 6.08 Å². The highest BCUT2D eigenvalue weighted by Gasteiger charge is 2.23. The van der Waals surface area contributed by atoms with Crippen LogP contribution in [-0.4, -0.2) is 68.5 Å². The minimum atomic E-state index is -4.59. The number of aliphatic hydroxyl groups excluding tert-OH is 1. The summed E-state index contributed by atoms with van der Waals surface area (Å²) >= 11 is 0. The predicted octanol–water partition coefficient (Wildman–Crippen LogP) is 16.6. The van der Waals surface area contributed by atoms with Crippen LogP contribution >= 0.6 is 7.82 Å². The maximum Gasteiger partial charge on any atom is 0.268 e. The topological polar surface area (TPSA) is 108 Å². The van der Waals surface area contributed by atoms with Crippen molar-refractivity contribution < 1.29 is 32.9 Å². The molecule has 3 atom stereocenters. The maximum absolute atomic E-state index is 13.0. The molecule has 0 bridgehead atoms. The molecule has 0 aromatic rings. The lowest BCUT2D eigenvalue weighted by atomic mass is 10.0. The fraction of sp³-hybridized carbons (Fsp3) is 0.912. The van der Waals surface area contributed by atoms with E-state index < -0.39 is 20.0 Å². The third kappa shape index (κ3) is 50.8. The van der Waals surface area contributed by atoms with E-state index in [1.165, 1.54) is 225 Å². The van der Waals surface area contributed by atoms with Crippen LogP contribution in [0.3, 0.4) is 0 Å². The van der Waals surface area contributed by atoms with Crippen LogP contribution in [0.2, 0.25) is 0 Å². The van der Waals surface area contributed by atoms with Gasteiger partial charge in [0, 0.05) is 6.42 Å². The third-order valence-corrected chi connectivity index (χ3v) is 14.1. The second-order valence-electron chi connectivity index (χ2n) is 21.0. The summed E-state index contributed by atoms with van der Waals surface area (Å²) in [5.74, 6) is -0.193. The molecule has 0 saturated carbocycles. The highest BCUT2D eigenvalue weighted by atomic mass is 31.2. The zero-order chi connectivity index (χ0) is 48.5. The Morgan fingerprint density at radius 1 is 0.515 bits per heavy atom. The van der Waals surface area contributed by atoms with Crippen LogP contribution in [0.1, 0.15) is 284 Å². The molecule has 2 N–H and O–H groups in total. The van der Waals surface area contributed by atoms with Gasteiger partial charge in [-0.2, -0.15) is 0 Å². The number of phosphoric acid groups is 1. The molecule has 392 valence electrons. The average Bonchev–Trinajstić information content (AvgIpc) is 3.28. The molecule has 0 aromatic heterocycles. The lowest BCUT2D eigenvalue weighted by Crippen LogP contribution is -2.45. The zero-order valence-electron chi connectivity index (χ0n) is 44.7. The molecule has 0 fully saturated rings. The number of phosphoric ester groups is 1. The largest absolute Gasteiger partial charge is 0.756 e. The fourth-order valence-corrected chi connectivity index (χ4v) is 9.34. The lowest BCUT2D eigenvalue weighted by Gasteiger charge is -2.29. The number of rotatable bonds is 53. The highest BCUT2D eigenvalue weighted by Crippen LogP contribution is 2.38. The van der Waals surface area contributed by atoms with Crippen LogP contribution in [0.5, 0.6) is 0 Å². The van der Waals surface area contributed by atoms with Crippen LogP contribution in [0.25, 0.3) is 0 Å². The minimum absolute atomic E-state index is 0.00102. The Labute approximate surface area is 411 Å². The number of quaternary nitrogens is 1. The second kappa shape index (κ2) is 49.0. The molecular formula is C57H113N2O6P. The number of amides is 1. The van der Waals surface area contributed by atoms with E-state index in [9.17, 15) is 19.4 Å². The van der Waals surface area contributed by atoms with Gasteiger partial charge in [0.1, 0.15) is 13.2 Å². The molecule has 66 heavy (non-hydrogen) atoms. The molecule has 3 unspecified atom stereocenters. The average molecular weight is 954 g/mol. The van der Waals surface area contributed by atoms with E-state index >= 15 is 0 Å². The van der Waals surface area contributed by atoms with Crippen molar-refractivity contribution in [2.45, 2.75) is 296 Å². The van der Waals surface area contributed by atoms with Gasteiger partial charge in [0.15, 0.2) is 0 Å². The summed E-state index contributed by atoms with van der Waals surface area (Å²) in [6.07, 6.45) is 61.0. The number of hydrogen-bond acceptors (Lipinski definition) is 6. The molecule has 0 aliphatic rings. The van der Waals surface area contributed by atoms with Crippen molar-refractivity contribution >= 4 is 13.7 Å². The van der Waals surface area contributed by atoms with Gasteiger partial charge in [-0.25, -0.2) is 0 Å². The molecule has 0 aliphatic heterocycles. The van der Waals surface area contributed by atoms with E-state index in [4.69, 9.17) is 9.05 Å². The first-order valence-electron chi connectivity index (χ1n) is 28.7. The normalized spacial score (nSPS) is 14.1. The number of unbranched alkanes of at least 4 members (excludes halogenated alkanes) is 38. The maximum atomic E-state index is 13.0. The fourth-order valence-electron chi connectivity index (χ4n) is 8.62. The molecule has 0 heterocycles. The van der Waals surface area contributed by atoms with Crippen molar-refractivity contribution in [3.8, 4) is 0 Å². The minimum Gasteiger partial charge on any atom is -0.756 e. The molecule has 0 rings (SSSR count). The SMILES string of the molecule is CCCCCCCCCC/C=C\CCCCCCCCCCCCCCCC(=O)NC(COP(=O)([O-])OCC[N+](C)(C)C)C(O)/C=C/CCCCCCCCCCCCCCCCCCC. The van der Waals surface area contributed by atoms with E-state index in [1.807, 2.05) is 27.2 Å². The van der Waals surface area contributed by atoms with Gasteiger partial charge < -0.3 is 28.8 Å². The van der Waals surface area contributed by atoms with Crippen LogP contribution in [0.15, 0.2) is 24.3 Å². The standard InChI is InChI=1S/C57H113N2O6P/c1-6-8-10-12-14-16-18-20-22-24-26-27-28-29-30-31-33-35-37-39-41-43-45-47-49-51-57(61)58-55(54-65-66(62,63)64-53-52-59(3,4)5)56(60)50-48-46-44-42-40-38-36-34-32-25-23-21-19-17-15-13-11-9-7-2/h24,26,48,50,55-56,60H,6-23,25,27-47,49,51-54H2,1-5H3,(H-,58,61,62,63)/b26-24-,50-48+. The Morgan fingerprint density at radius 3 is 1.18 bits per heavy atom. The first-order chi connectivity index (χ1) is 32.0. The van der Waals surface area contributed by atoms with Crippen molar-refractivity contribution in [2.75, 3.05) is 40.9 Å². The lowest BCUT2D eigenvalue weighted by molar-refractivity contribution is -0.870. The van der Waals surface area contributed by atoms with Gasteiger partial charge in [-0.15, -0.1) is 0 Å². The molecule has 9 heteroatoms. The van der Waals surface area contributed by atoms with E-state index in [-0.39, 0.29) is 19.1 Å². The van der Waals surface area contributed by atoms with Crippen molar-refractivity contribution in [1.82, 2.24) is 5.32 Å². The molecule has 8 nitrogen and oxygen atoms in total. The third-order valence-electron chi connectivity index (χ3n) is 13.2. The summed E-state index contributed by atoms with van der Waals surface area (Å²) in [4.78, 5) is 25.5. The Hall–Kier alpha value is -1.02. The zero-order valence-corrected chi connectivity index (χ0v) is 45.6. The van der Waals surface area contributed by atoms with Gasteiger partial charge >= 0.3 is 0 Å². The van der Waals surface area contributed by atoms with Gasteiger partial charge in [-0.3, -0.25) is 9.36 Å². The van der Waals surface area contributed by atoms with Gasteiger partial charge in [0.25, 0.3) is 7.82 Å². The summed E-state index contributed by atoms with van der Waals surface area (Å²) in [6, 6.07) is -0.884. The number of hydrogen-bond donors (Lipinski definition) is 2. The number of likely N-dealkylation sites (N-methyl/N-ethyl adjacent to an activating group) is 1. The molecule has 0 saturated heterocycles. The van der Waals surface area contributed by atoms with Gasteiger partial charge in [-0.1, -0.05) is 256 Å². The van der Waals surface area contributed by atoms with Gasteiger partial charge in [0.2, 0.25) is 5.91 Å². The molecule has 0 aromatic carbocycles. The molecule has 0 aliphatic carbocycles. The number of carbonyl (C=O) groups excluding carboxylic acids is 1. The first kappa shape index (κ1) is 65.0. The summed E-state index contributed by atoms with van der Waals surface area (Å²) in [5.41, 5.74) is 0. The summed E-state index contributed by atoms with van der Waals surface area (Å²) in [6.45, 7) is 4.69. The van der Waals surface area contributed by atoms with E-state index in [0.717, 1.165) is 38.5 Å². The van der Waals surface area contributed by atoms with Gasteiger partial charge in [-0.05, 0) is 44.9 Å². The Morgan fingerprint density at radius 2 is 0.833 bits per heavy atom. The monoisotopic (exact) mass is 953 g/mol. The van der Waals surface area contributed by atoms with Crippen LogP contribution < -0.4 is 10.2 Å². The number of allylic oxidation sites excluding steroid dienone is 3. The predicted molar refractivity (Wildman–Crippen MR) is 284 cm³/mol. The quantitative estimate of drug-likeness (QED) is 0.0272. The number of nitrogens with one attached hydrogen (secondary N) is 1. The van der Waals surface area contributed by atoms with Crippen molar-refractivity contribution in [3.05, 3.63) is 24.3 Å². The Kier molecular flexibility index (Phi) is 48.2.